The Kier molecular flexibility index (Phi) is 3.60. The SMILES string of the molecule is N/C(=N/O)c1ccc(Cn2cnc3c2CCCC3)c(F)c1. The molecule has 2 aromatic rings. The number of hydrogen-bond acceptors (Lipinski definition) is 3. The van der Waals surface area contributed by atoms with E-state index in [1.54, 1.807) is 18.5 Å². The number of aryl methyl sites for hydroxylation is 1. The summed E-state index contributed by atoms with van der Waals surface area (Å²) in [5.41, 5.74) is 8.73. The lowest BCUT2D eigenvalue weighted by Gasteiger charge is -2.14. The highest BCUT2D eigenvalue weighted by molar-refractivity contribution is 5.97. The molecule has 0 saturated carbocycles. The molecule has 0 fully saturated rings. The van der Waals surface area contributed by atoms with Crippen molar-refractivity contribution in [3.05, 3.63) is 52.9 Å². The van der Waals surface area contributed by atoms with Crippen molar-refractivity contribution in [3.8, 4) is 0 Å². The van der Waals surface area contributed by atoms with Crippen LogP contribution < -0.4 is 5.73 Å². The van der Waals surface area contributed by atoms with Crippen molar-refractivity contribution < 1.29 is 9.60 Å². The number of rotatable bonds is 3. The molecule has 3 rings (SSSR count). The van der Waals surface area contributed by atoms with Crippen LogP contribution in [0.2, 0.25) is 0 Å². The van der Waals surface area contributed by atoms with Crippen LogP contribution in [0.25, 0.3) is 0 Å². The number of nitrogens with two attached hydrogens (primary N) is 1. The van der Waals surface area contributed by atoms with E-state index in [1.165, 1.54) is 18.2 Å². The quantitative estimate of drug-likeness (QED) is 0.393. The topological polar surface area (TPSA) is 76.4 Å². The predicted molar refractivity (Wildman–Crippen MR) is 76.9 cm³/mol. The van der Waals surface area contributed by atoms with Crippen molar-refractivity contribution in [1.29, 1.82) is 0 Å². The minimum absolute atomic E-state index is 0.0968. The van der Waals surface area contributed by atoms with Crippen LogP contribution in [-0.4, -0.2) is 20.6 Å². The minimum atomic E-state index is -0.364. The van der Waals surface area contributed by atoms with Gasteiger partial charge in [-0.3, -0.25) is 0 Å². The highest BCUT2D eigenvalue weighted by Gasteiger charge is 2.16. The van der Waals surface area contributed by atoms with Crippen LogP contribution in [0.4, 0.5) is 4.39 Å². The van der Waals surface area contributed by atoms with Gasteiger partial charge in [0.1, 0.15) is 5.82 Å². The third kappa shape index (κ3) is 2.61. The first-order valence-electron chi connectivity index (χ1n) is 6.98. The lowest BCUT2D eigenvalue weighted by Crippen LogP contribution is -2.14. The summed E-state index contributed by atoms with van der Waals surface area (Å²) in [6.45, 7) is 0.449. The van der Waals surface area contributed by atoms with Crippen molar-refractivity contribution >= 4 is 5.84 Å². The number of amidine groups is 1. The van der Waals surface area contributed by atoms with E-state index in [2.05, 4.69) is 10.1 Å². The van der Waals surface area contributed by atoms with Crippen molar-refractivity contribution in [2.75, 3.05) is 0 Å². The van der Waals surface area contributed by atoms with Gasteiger partial charge < -0.3 is 15.5 Å². The molecular formula is C15H17FN4O. The van der Waals surface area contributed by atoms with Crippen LogP contribution in [-0.2, 0) is 19.4 Å². The Hall–Kier alpha value is -2.37. The molecule has 1 aliphatic carbocycles. The molecule has 6 heteroatoms. The number of imidazole rings is 1. The summed E-state index contributed by atoms with van der Waals surface area (Å²) in [7, 11) is 0. The monoisotopic (exact) mass is 288 g/mol. The number of halogens is 1. The second kappa shape index (κ2) is 5.55. The van der Waals surface area contributed by atoms with Crippen LogP contribution in [0.5, 0.6) is 0 Å². The summed E-state index contributed by atoms with van der Waals surface area (Å²) in [5.74, 6) is -0.460. The Bertz CT molecular complexity index is 693. The Morgan fingerprint density at radius 1 is 1.38 bits per heavy atom. The van der Waals surface area contributed by atoms with Crippen molar-refractivity contribution in [2.24, 2.45) is 10.9 Å². The van der Waals surface area contributed by atoms with E-state index in [4.69, 9.17) is 10.9 Å². The molecule has 0 saturated heterocycles. The number of hydrogen-bond donors (Lipinski definition) is 2. The standard InChI is InChI=1S/C15H17FN4O/c16-12-7-10(15(17)19-21)5-6-11(12)8-20-9-18-13-3-1-2-4-14(13)20/h5-7,9,21H,1-4,8H2,(H2,17,19). The van der Waals surface area contributed by atoms with Gasteiger partial charge in [0.2, 0.25) is 0 Å². The zero-order valence-corrected chi connectivity index (χ0v) is 11.6. The number of oxime groups is 1. The molecule has 0 radical (unpaired) electrons. The molecule has 1 aromatic heterocycles. The molecule has 0 spiro atoms. The molecule has 110 valence electrons. The normalized spacial score (nSPS) is 15.0. The van der Waals surface area contributed by atoms with Gasteiger partial charge in [-0.15, -0.1) is 0 Å². The van der Waals surface area contributed by atoms with Crippen molar-refractivity contribution in [2.45, 2.75) is 32.2 Å². The van der Waals surface area contributed by atoms with Gasteiger partial charge in [-0.1, -0.05) is 17.3 Å². The van der Waals surface area contributed by atoms with Gasteiger partial charge in [-0.05, 0) is 31.7 Å². The molecule has 1 aromatic carbocycles. The molecule has 0 unspecified atom stereocenters. The lowest BCUT2D eigenvalue weighted by molar-refractivity contribution is 0.318. The predicted octanol–water partition coefficient (Wildman–Crippen LogP) is 2.04. The fourth-order valence-corrected chi connectivity index (χ4v) is 2.74. The van der Waals surface area contributed by atoms with Gasteiger partial charge >= 0.3 is 0 Å². The first kappa shape index (κ1) is 13.6. The van der Waals surface area contributed by atoms with Gasteiger partial charge in [0.05, 0.1) is 18.6 Å². The molecule has 1 aliphatic rings. The molecular weight excluding hydrogens is 271 g/mol. The summed E-state index contributed by atoms with van der Waals surface area (Å²) < 4.78 is 16.2. The summed E-state index contributed by atoms with van der Waals surface area (Å²) >= 11 is 0. The first-order chi connectivity index (χ1) is 10.2. The van der Waals surface area contributed by atoms with E-state index in [-0.39, 0.29) is 11.7 Å². The van der Waals surface area contributed by atoms with E-state index in [0.717, 1.165) is 25.0 Å². The molecule has 5 nitrogen and oxygen atoms in total. The van der Waals surface area contributed by atoms with Gasteiger partial charge in [-0.2, -0.15) is 0 Å². The summed E-state index contributed by atoms with van der Waals surface area (Å²) in [4.78, 5) is 4.41. The van der Waals surface area contributed by atoms with E-state index in [9.17, 15) is 4.39 Å². The van der Waals surface area contributed by atoms with E-state index < -0.39 is 0 Å². The Morgan fingerprint density at radius 3 is 2.95 bits per heavy atom. The molecule has 0 bridgehead atoms. The third-order valence-corrected chi connectivity index (χ3v) is 3.91. The highest BCUT2D eigenvalue weighted by atomic mass is 19.1. The summed E-state index contributed by atoms with van der Waals surface area (Å²) in [5, 5.41) is 11.5. The van der Waals surface area contributed by atoms with Crippen LogP contribution in [0.15, 0.2) is 29.7 Å². The Morgan fingerprint density at radius 2 is 2.19 bits per heavy atom. The van der Waals surface area contributed by atoms with E-state index >= 15 is 0 Å². The van der Waals surface area contributed by atoms with Crippen LogP contribution >= 0.6 is 0 Å². The summed E-state index contributed by atoms with van der Waals surface area (Å²) in [6.07, 6.45) is 6.12. The average molecular weight is 288 g/mol. The van der Waals surface area contributed by atoms with Gasteiger partial charge in [0.15, 0.2) is 5.84 Å². The van der Waals surface area contributed by atoms with E-state index in [1.807, 2.05) is 4.57 Å². The van der Waals surface area contributed by atoms with Crippen LogP contribution in [0.1, 0.15) is 35.4 Å². The maximum Gasteiger partial charge on any atom is 0.170 e. The fourth-order valence-electron chi connectivity index (χ4n) is 2.74. The second-order valence-corrected chi connectivity index (χ2v) is 5.26. The van der Waals surface area contributed by atoms with Crippen LogP contribution in [0.3, 0.4) is 0 Å². The highest BCUT2D eigenvalue weighted by Crippen LogP contribution is 2.21. The largest absolute Gasteiger partial charge is 0.409 e. The van der Waals surface area contributed by atoms with Crippen molar-refractivity contribution in [3.63, 3.8) is 0 Å². The van der Waals surface area contributed by atoms with Gasteiger partial charge in [-0.25, -0.2) is 9.37 Å². The molecule has 1 heterocycles. The number of aromatic nitrogens is 2. The lowest BCUT2D eigenvalue weighted by atomic mass is 10.0. The smallest absolute Gasteiger partial charge is 0.170 e. The molecule has 21 heavy (non-hydrogen) atoms. The molecule has 3 N–H and O–H groups in total. The first-order valence-corrected chi connectivity index (χ1v) is 6.98. The van der Waals surface area contributed by atoms with Gasteiger partial charge in [0.25, 0.3) is 0 Å². The van der Waals surface area contributed by atoms with Gasteiger partial charge in [0, 0.05) is 16.8 Å². The van der Waals surface area contributed by atoms with Crippen LogP contribution in [0, 0.1) is 5.82 Å². The molecule has 0 amide bonds. The maximum atomic E-state index is 14.1. The minimum Gasteiger partial charge on any atom is -0.409 e. The van der Waals surface area contributed by atoms with E-state index in [0.29, 0.717) is 17.7 Å². The maximum absolute atomic E-state index is 14.1. The fraction of sp³-hybridized carbons (Fsp3) is 0.333. The van der Waals surface area contributed by atoms with Crippen molar-refractivity contribution in [1.82, 2.24) is 9.55 Å². The molecule has 0 atom stereocenters. The summed E-state index contributed by atoms with van der Waals surface area (Å²) in [6, 6.07) is 4.60. The molecule has 0 aliphatic heterocycles. The third-order valence-electron chi connectivity index (χ3n) is 3.91. The number of fused-ring (bicyclic) bond motifs is 1. The number of nitrogens with zero attached hydrogens (tertiary/aromatic N) is 3. The Labute approximate surface area is 121 Å². The zero-order valence-electron chi connectivity index (χ0n) is 11.6. The zero-order chi connectivity index (χ0) is 14.8. The average Bonchev–Trinajstić information content (AvgIpc) is 2.92. The second-order valence-electron chi connectivity index (χ2n) is 5.26. The Balaban J connectivity index is 1.87. The number of benzene rings is 1.